The van der Waals surface area contributed by atoms with Crippen LogP contribution < -0.4 is 0 Å². The van der Waals surface area contributed by atoms with Gasteiger partial charge in [-0.3, -0.25) is 14.9 Å². The number of hydrogen-bond acceptors (Lipinski definition) is 4. The van der Waals surface area contributed by atoms with E-state index in [2.05, 4.69) is 4.90 Å². The Hall–Kier alpha value is -1.92. The maximum Gasteiger partial charge on any atom is 0.288 e. The molecule has 2 aliphatic heterocycles. The number of rotatable bonds is 5. The maximum atomic E-state index is 12.6. The summed E-state index contributed by atoms with van der Waals surface area (Å²) in [5.41, 5.74) is 0.451. The fourth-order valence-corrected chi connectivity index (χ4v) is 3.98. The van der Waals surface area contributed by atoms with Gasteiger partial charge in [0.2, 0.25) is 5.91 Å². The van der Waals surface area contributed by atoms with Gasteiger partial charge in [-0.05, 0) is 56.5 Å². The summed E-state index contributed by atoms with van der Waals surface area (Å²) in [6, 6.07) is 4.82. The summed E-state index contributed by atoms with van der Waals surface area (Å²) in [6.45, 7) is 3.99. The van der Waals surface area contributed by atoms with Gasteiger partial charge in [-0.25, -0.2) is 0 Å². The highest BCUT2D eigenvalue weighted by Crippen LogP contribution is 2.26. The first kappa shape index (κ1) is 18.9. The molecule has 0 unspecified atom stereocenters. The van der Waals surface area contributed by atoms with E-state index in [-0.39, 0.29) is 22.7 Å². The number of carbonyl (C=O) groups is 1. The van der Waals surface area contributed by atoms with Gasteiger partial charge in [-0.1, -0.05) is 24.1 Å². The second kappa shape index (κ2) is 8.64. The number of nitro benzene ring substituents is 1. The van der Waals surface area contributed by atoms with E-state index >= 15 is 0 Å². The van der Waals surface area contributed by atoms with E-state index in [4.69, 9.17) is 11.6 Å². The summed E-state index contributed by atoms with van der Waals surface area (Å²) in [4.78, 5) is 27.5. The van der Waals surface area contributed by atoms with Gasteiger partial charge in [-0.2, -0.15) is 0 Å². The van der Waals surface area contributed by atoms with Gasteiger partial charge in [0.15, 0.2) is 0 Å². The van der Waals surface area contributed by atoms with Crippen molar-refractivity contribution in [2.45, 2.75) is 38.1 Å². The Morgan fingerprint density at radius 3 is 2.73 bits per heavy atom. The van der Waals surface area contributed by atoms with E-state index in [1.807, 2.05) is 4.90 Å². The summed E-state index contributed by atoms with van der Waals surface area (Å²) in [6.07, 6.45) is 9.02. The lowest BCUT2D eigenvalue weighted by molar-refractivity contribution is -0.384. The number of benzene rings is 1. The zero-order valence-electron chi connectivity index (χ0n) is 14.8. The number of halogens is 1. The van der Waals surface area contributed by atoms with Crippen molar-refractivity contribution in [2.75, 3.05) is 26.2 Å². The average molecular weight is 378 g/mol. The molecule has 0 radical (unpaired) electrons. The van der Waals surface area contributed by atoms with Crippen molar-refractivity contribution in [3.8, 4) is 0 Å². The quantitative estimate of drug-likeness (QED) is 0.445. The van der Waals surface area contributed by atoms with Gasteiger partial charge < -0.3 is 9.80 Å². The first-order chi connectivity index (χ1) is 12.5. The molecule has 1 aromatic rings. The number of hydrogen-bond donors (Lipinski definition) is 0. The lowest BCUT2D eigenvalue weighted by Gasteiger charge is -2.32. The Morgan fingerprint density at radius 2 is 2.00 bits per heavy atom. The van der Waals surface area contributed by atoms with Crippen molar-refractivity contribution in [1.29, 1.82) is 0 Å². The van der Waals surface area contributed by atoms with Crippen molar-refractivity contribution in [2.24, 2.45) is 0 Å². The van der Waals surface area contributed by atoms with Gasteiger partial charge in [0.25, 0.3) is 5.69 Å². The molecule has 0 N–H and O–H groups in total. The van der Waals surface area contributed by atoms with Crippen molar-refractivity contribution in [3.63, 3.8) is 0 Å². The fraction of sp³-hybridized carbons (Fsp3) is 0.526. The van der Waals surface area contributed by atoms with E-state index in [0.29, 0.717) is 5.56 Å². The third kappa shape index (κ3) is 4.62. The third-order valence-electron chi connectivity index (χ3n) is 5.16. The second-order valence-electron chi connectivity index (χ2n) is 6.99. The van der Waals surface area contributed by atoms with Gasteiger partial charge >= 0.3 is 0 Å². The minimum atomic E-state index is -0.517. The fourth-order valence-electron chi connectivity index (χ4n) is 3.79. The van der Waals surface area contributed by atoms with Crippen molar-refractivity contribution in [1.82, 2.24) is 9.80 Å². The monoisotopic (exact) mass is 377 g/mol. The Balaban J connectivity index is 1.63. The minimum absolute atomic E-state index is 0.0258. The first-order valence-corrected chi connectivity index (χ1v) is 9.57. The van der Waals surface area contributed by atoms with E-state index in [1.165, 1.54) is 37.5 Å². The molecule has 0 bridgehead atoms. The molecule has 0 aliphatic carbocycles. The normalized spacial score (nSPS) is 21.4. The molecule has 2 heterocycles. The van der Waals surface area contributed by atoms with Crippen LogP contribution in [0.4, 0.5) is 5.69 Å². The Morgan fingerprint density at radius 1 is 1.23 bits per heavy atom. The van der Waals surface area contributed by atoms with Gasteiger partial charge in [-0.15, -0.1) is 0 Å². The highest BCUT2D eigenvalue weighted by molar-refractivity contribution is 6.32. The lowest BCUT2D eigenvalue weighted by Crippen LogP contribution is -2.44. The number of piperidine rings is 1. The zero-order chi connectivity index (χ0) is 18.5. The standard InChI is InChI=1S/C19H24ClN3O3/c20-17-8-6-15(13-18(17)23(25)26)7-9-19(24)22-12-4-5-16(22)14-21-10-2-1-3-11-21/h6-9,13,16H,1-5,10-12,14H2/t16-/m0/s1. The van der Waals surface area contributed by atoms with Crippen molar-refractivity contribution in [3.05, 3.63) is 45.0 Å². The lowest BCUT2D eigenvalue weighted by atomic mass is 10.1. The van der Waals surface area contributed by atoms with E-state index < -0.39 is 4.92 Å². The molecule has 2 aliphatic rings. The summed E-state index contributed by atoms with van der Waals surface area (Å²) in [5, 5.41) is 11.1. The van der Waals surface area contributed by atoms with Gasteiger partial charge in [0.1, 0.15) is 5.02 Å². The maximum absolute atomic E-state index is 12.6. The summed E-state index contributed by atoms with van der Waals surface area (Å²) < 4.78 is 0. The second-order valence-corrected chi connectivity index (χ2v) is 7.40. The van der Waals surface area contributed by atoms with Crippen LogP contribution in [0.1, 0.15) is 37.7 Å². The number of carbonyl (C=O) groups excluding carboxylic acids is 1. The molecule has 0 spiro atoms. The highest BCUT2D eigenvalue weighted by atomic mass is 35.5. The van der Waals surface area contributed by atoms with Gasteiger partial charge in [0, 0.05) is 31.3 Å². The van der Waals surface area contributed by atoms with Crippen LogP contribution in [0.5, 0.6) is 0 Å². The van der Waals surface area contributed by atoms with Crippen LogP contribution >= 0.6 is 11.6 Å². The van der Waals surface area contributed by atoms with E-state index in [9.17, 15) is 14.9 Å². The predicted molar refractivity (Wildman–Crippen MR) is 102 cm³/mol. The molecule has 1 atom stereocenters. The van der Waals surface area contributed by atoms with E-state index in [1.54, 1.807) is 12.1 Å². The minimum Gasteiger partial charge on any atom is -0.335 e. The molecule has 2 fully saturated rings. The topological polar surface area (TPSA) is 66.7 Å². The molecule has 6 nitrogen and oxygen atoms in total. The molecule has 2 saturated heterocycles. The number of nitrogens with zero attached hydrogens (tertiary/aromatic N) is 3. The van der Waals surface area contributed by atoms with Crippen LogP contribution in [0, 0.1) is 10.1 Å². The van der Waals surface area contributed by atoms with Crippen LogP contribution in [0.3, 0.4) is 0 Å². The smallest absolute Gasteiger partial charge is 0.288 e. The van der Waals surface area contributed by atoms with Crippen LogP contribution in [0.2, 0.25) is 5.02 Å². The van der Waals surface area contributed by atoms with Crippen molar-refractivity contribution >= 4 is 29.3 Å². The van der Waals surface area contributed by atoms with E-state index in [0.717, 1.165) is 39.0 Å². The number of likely N-dealkylation sites (tertiary alicyclic amines) is 2. The third-order valence-corrected chi connectivity index (χ3v) is 5.48. The van der Waals surface area contributed by atoms with Crippen LogP contribution in [0.25, 0.3) is 6.08 Å². The molecule has 140 valence electrons. The molecule has 1 amide bonds. The molecule has 3 rings (SSSR count). The van der Waals surface area contributed by atoms with Crippen molar-refractivity contribution < 1.29 is 9.72 Å². The molecular formula is C19H24ClN3O3. The van der Waals surface area contributed by atoms with Crippen LogP contribution in [-0.2, 0) is 4.79 Å². The molecule has 0 aromatic heterocycles. The first-order valence-electron chi connectivity index (χ1n) is 9.19. The zero-order valence-corrected chi connectivity index (χ0v) is 15.5. The van der Waals surface area contributed by atoms with Crippen LogP contribution in [-0.4, -0.2) is 52.9 Å². The van der Waals surface area contributed by atoms with Crippen LogP contribution in [0.15, 0.2) is 24.3 Å². The summed E-state index contributed by atoms with van der Waals surface area (Å²) >= 11 is 5.82. The molecule has 0 saturated carbocycles. The van der Waals surface area contributed by atoms with Gasteiger partial charge in [0.05, 0.1) is 4.92 Å². The average Bonchev–Trinajstić information content (AvgIpc) is 3.09. The Labute approximate surface area is 158 Å². The molecule has 1 aromatic carbocycles. The molecule has 26 heavy (non-hydrogen) atoms. The SMILES string of the molecule is O=C(C=Cc1ccc(Cl)c([N+](=O)[O-])c1)N1CCC[C@H]1CN1CCCCC1. The number of amides is 1. The predicted octanol–water partition coefficient (Wildman–Crippen LogP) is 3.74. The molecular weight excluding hydrogens is 354 g/mol. The largest absolute Gasteiger partial charge is 0.335 e. The Kier molecular flexibility index (Phi) is 6.27. The Bertz CT molecular complexity index is 701. The number of nitro groups is 1. The molecule has 7 heteroatoms. The highest BCUT2D eigenvalue weighted by Gasteiger charge is 2.29. The summed E-state index contributed by atoms with van der Waals surface area (Å²) in [7, 11) is 0. The summed E-state index contributed by atoms with van der Waals surface area (Å²) in [5.74, 6) is -0.0258.